The zero-order valence-corrected chi connectivity index (χ0v) is 12.9. The Morgan fingerprint density at radius 3 is 3.04 bits per heavy atom. The molecule has 1 N–H and O–H groups in total. The molecule has 114 valence electrons. The SMILES string of the molecule is Cn1cc(/C=C2\C(=O)NN=C2c2nccs2)c2c(F)cccc21. The molecular weight excluding hydrogens is 315 g/mol. The average molecular weight is 326 g/mol. The fraction of sp³-hybridized carbons (Fsp3) is 0.0625. The predicted octanol–water partition coefficient (Wildman–Crippen LogP) is 2.69. The quantitative estimate of drug-likeness (QED) is 0.736. The van der Waals surface area contributed by atoms with E-state index in [0.717, 1.165) is 5.52 Å². The number of aromatic nitrogens is 2. The van der Waals surface area contributed by atoms with Crippen molar-refractivity contribution in [3.63, 3.8) is 0 Å². The van der Waals surface area contributed by atoms with E-state index in [-0.39, 0.29) is 11.7 Å². The van der Waals surface area contributed by atoms with Crippen molar-refractivity contribution in [2.75, 3.05) is 0 Å². The summed E-state index contributed by atoms with van der Waals surface area (Å²) in [5, 5.41) is 6.99. The first-order valence-electron chi connectivity index (χ1n) is 6.88. The van der Waals surface area contributed by atoms with E-state index in [1.54, 1.807) is 24.5 Å². The van der Waals surface area contributed by atoms with E-state index in [1.165, 1.54) is 17.4 Å². The van der Waals surface area contributed by atoms with Gasteiger partial charge in [0.1, 0.15) is 16.5 Å². The molecule has 4 rings (SSSR count). The number of carbonyl (C=O) groups is 1. The van der Waals surface area contributed by atoms with Gasteiger partial charge in [0, 0.05) is 35.8 Å². The number of halogens is 1. The highest BCUT2D eigenvalue weighted by molar-refractivity contribution is 7.12. The lowest BCUT2D eigenvalue weighted by molar-refractivity contribution is -0.116. The molecular formula is C16H11FN4OS. The van der Waals surface area contributed by atoms with Gasteiger partial charge < -0.3 is 4.57 Å². The summed E-state index contributed by atoms with van der Waals surface area (Å²) in [5.41, 5.74) is 4.72. The van der Waals surface area contributed by atoms with Gasteiger partial charge in [-0.15, -0.1) is 11.3 Å². The topological polar surface area (TPSA) is 59.3 Å². The molecule has 1 amide bonds. The van der Waals surface area contributed by atoms with Gasteiger partial charge in [-0.2, -0.15) is 5.10 Å². The molecule has 0 radical (unpaired) electrons. The van der Waals surface area contributed by atoms with Gasteiger partial charge in [0.25, 0.3) is 5.91 Å². The second kappa shape index (κ2) is 5.13. The largest absolute Gasteiger partial charge is 0.350 e. The first-order valence-corrected chi connectivity index (χ1v) is 7.76. The molecule has 0 unspecified atom stereocenters. The molecule has 0 saturated carbocycles. The van der Waals surface area contributed by atoms with E-state index in [2.05, 4.69) is 15.5 Å². The molecule has 0 saturated heterocycles. The van der Waals surface area contributed by atoms with E-state index in [0.29, 0.717) is 27.2 Å². The Labute approximate surface area is 134 Å². The Morgan fingerprint density at radius 2 is 2.26 bits per heavy atom. The van der Waals surface area contributed by atoms with Crippen LogP contribution in [0.15, 0.2) is 46.6 Å². The molecule has 1 aromatic carbocycles. The number of hydrazone groups is 1. The third kappa shape index (κ3) is 2.17. The zero-order chi connectivity index (χ0) is 16.0. The Hall–Kier alpha value is -2.80. The van der Waals surface area contributed by atoms with Crippen molar-refractivity contribution in [3.05, 3.63) is 57.9 Å². The van der Waals surface area contributed by atoms with Crippen molar-refractivity contribution in [1.82, 2.24) is 15.0 Å². The Balaban J connectivity index is 1.90. The van der Waals surface area contributed by atoms with Gasteiger partial charge in [-0.1, -0.05) is 6.07 Å². The first-order chi connectivity index (χ1) is 11.1. The molecule has 0 spiro atoms. The number of rotatable bonds is 2. The number of thiazole rings is 1. The van der Waals surface area contributed by atoms with Crippen molar-refractivity contribution in [2.24, 2.45) is 12.1 Å². The van der Waals surface area contributed by atoms with Crippen molar-refractivity contribution in [2.45, 2.75) is 0 Å². The highest BCUT2D eigenvalue weighted by atomic mass is 32.1. The highest BCUT2D eigenvalue weighted by Crippen LogP contribution is 2.27. The molecule has 0 bridgehead atoms. The smallest absolute Gasteiger partial charge is 0.273 e. The minimum atomic E-state index is -0.318. The third-order valence-corrected chi connectivity index (χ3v) is 4.48. The van der Waals surface area contributed by atoms with E-state index in [4.69, 9.17) is 0 Å². The van der Waals surface area contributed by atoms with Gasteiger partial charge in [0.05, 0.1) is 11.1 Å². The van der Waals surface area contributed by atoms with Crippen molar-refractivity contribution in [1.29, 1.82) is 0 Å². The lowest BCUT2D eigenvalue weighted by Gasteiger charge is -1.98. The summed E-state index contributed by atoms with van der Waals surface area (Å²) in [7, 11) is 1.84. The summed E-state index contributed by atoms with van der Waals surface area (Å²) >= 11 is 1.39. The van der Waals surface area contributed by atoms with Crippen LogP contribution in [0.3, 0.4) is 0 Å². The molecule has 23 heavy (non-hydrogen) atoms. The van der Waals surface area contributed by atoms with Crippen LogP contribution < -0.4 is 5.43 Å². The average Bonchev–Trinajstić information content (AvgIpc) is 3.23. The van der Waals surface area contributed by atoms with E-state index < -0.39 is 0 Å². The Morgan fingerprint density at radius 1 is 1.39 bits per heavy atom. The van der Waals surface area contributed by atoms with Gasteiger partial charge in [-0.05, 0) is 18.2 Å². The van der Waals surface area contributed by atoms with Gasteiger partial charge in [-0.25, -0.2) is 14.8 Å². The third-order valence-electron chi connectivity index (χ3n) is 3.70. The molecule has 5 nitrogen and oxygen atoms in total. The zero-order valence-electron chi connectivity index (χ0n) is 12.1. The van der Waals surface area contributed by atoms with Gasteiger partial charge in [-0.3, -0.25) is 4.79 Å². The minimum absolute atomic E-state index is 0.316. The molecule has 3 heterocycles. The number of nitrogens with one attached hydrogen (secondary N) is 1. The molecule has 3 aromatic rings. The Kier molecular flexibility index (Phi) is 3.09. The van der Waals surface area contributed by atoms with Crippen LogP contribution >= 0.6 is 11.3 Å². The normalized spacial score (nSPS) is 16.2. The molecule has 0 atom stereocenters. The van der Waals surface area contributed by atoms with Gasteiger partial charge in [0.2, 0.25) is 0 Å². The number of amides is 1. The Bertz CT molecular complexity index is 985. The predicted molar refractivity (Wildman–Crippen MR) is 87.6 cm³/mol. The highest BCUT2D eigenvalue weighted by Gasteiger charge is 2.26. The van der Waals surface area contributed by atoms with E-state index >= 15 is 0 Å². The molecule has 2 aromatic heterocycles. The van der Waals surface area contributed by atoms with E-state index in [9.17, 15) is 9.18 Å². The second-order valence-electron chi connectivity index (χ2n) is 5.13. The van der Waals surface area contributed by atoms with Crippen LogP contribution in [0.4, 0.5) is 4.39 Å². The minimum Gasteiger partial charge on any atom is -0.350 e. The lowest BCUT2D eigenvalue weighted by atomic mass is 10.1. The number of fused-ring (bicyclic) bond motifs is 1. The van der Waals surface area contributed by atoms with Crippen LogP contribution in [0.1, 0.15) is 10.6 Å². The summed E-state index contributed by atoms with van der Waals surface area (Å²) in [6, 6.07) is 4.92. The fourth-order valence-corrected chi connectivity index (χ4v) is 3.31. The standard InChI is InChI=1S/C16H11FN4OS/c1-21-8-9(13-11(17)3-2-4-12(13)21)7-10-14(19-20-15(10)22)16-18-5-6-23-16/h2-8H,1H3,(H,20,22)/b10-7-. The summed E-state index contributed by atoms with van der Waals surface area (Å²) in [6.45, 7) is 0. The fourth-order valence-electron chi connectivity index (χ4n) is 2.67. The number of hydrogen-bond donors (Lipinski definition) is 1. The molecule has 0 aliphatic carbocycles. The van der Waals surface area contributed by atoms with Crippen molar-refractivity contribution in [3.8, 4) is 0 Å². The summed E-state index contributed by atoms with van der Waals surface area (Å²) in [6.07, 6.45) is 5.11. The van der Waals surface area contributed by atoms with Gasteiger partial charge in [0.15, 0.2) is 0 Å². The molecule has 7 heteroatoms. The molecule has 1 aliphatic heterocycles. The second-order valence-corrected chi connectivity index (χ2v) is 6.02. The lowest BCUT2D eigenvalue weighted by Crippen LogP contribution is -2.13. The van der Waals surface area contributed by atoms with E-state index in [1.807, 2.05) is 23.1 Å². The van der Waals surface area contributed by atoms with Crippen LogP contribution in [0.2, 0.25) is 0 Å². The first kappa shape index (κ1) is 13.8. The summed E-state index contributed by atoms with van der Waals surface area (Å²) in [4.78, 5) is 16.3. The molecule has 0 fully saturated rings. The van der Waals surface area contributed by atoms with Crippen molar-refractivity contribution >= 4 is 39.9 Å². The van der Waals surface area contributed by atoms with Crippen LogP contribution in [0, 0.1) is 5.82 Å². The monoisotopic (exact) mass is 326 g/mol. The van der Waals surface area contributed by atoms with Crippen LogP contribution in [0.25, 0.3) is 17.0 Å². The van der Waals surface area contributed by atoms with Crippen molar-refractivity contribution < 1.29 is 9.18 Å². The maximum atomic E-state index is 14.2. The number of benzene rings is 1. The number of nitrogens with zero attached hydrogens (tertiary/aromatic N) is 3. The maximum Gasteiger partial charge on any atom is 0.273 e. The van der Waals surface area contributed by atoms with Crippen LogP contribution in [-0.2, 0) is 11.8 Å². The number of aryl methyl sites for hydroxylation is 1. The number of hydrogen-bond acceptors (Lipinski definition) is 4. The van der Waals surface area contributed by atoms with Gasteiger partial charge >= 0.3 is 0 Å². The summed E-state index contributed by atoms with van der Waals surface area (Å²) < 4.78 is 16.0. The molecule has 1 aliphatic rings. The number of carbonyl (C=O) groups excluding carboxylic acids is 1. The van der Waals surface area contributed by atoms with Crippen LogP contribution in [0.5, 0.6) is 0 Å². The maximum absolute atomic E-state index is 14.2. The van der Waals surface area contributed by atoms with Crippen LogP contribution in [-0.4, -0.2) is 21.2 Å². The summed E-state index contributed by atoms with van der Waals surface area (Å²) in [5.74, 6) is -0.635.